The van der Waals surface area contributed by atoms with Crippen LogP contribution in [-0.4, -0.2) is 40.2 Å². The zero-order chi connectivity index (χ0) is 20.3. The van der Waals surface area contributed by atoms with Crippen molar-refractivity contribution in [2.45, 2.75) is 19.4 Å². The van der Waals surface area contributed by atoms with Gasteiger partial charge in [-0.2, -0.15) is 0 Å². The number of phenols is 1. The molecule has 1 N–H and O–H groups in total. The van der Waals surface area contributed by atoms with Crippen LogP contribution in [0.4, 0.5) is 0 Å². The largest absolute Gasteiger partial charge is 0.504 e. The second-order valence-electron chi connectivity index (χ2n) is 7.04. The van der Waals surface area contributed by atoms with Gasteiger partial charge in [-0.1, -0.05) is 13.0 Å². The van der Waals surface area contributed by atoms with Gasteiger partial charge in [0.05, 0.1) is 41.2 Å². The van der Waals surface area contributed by atoms with E-state index >= 15 is 0 Å². The molecular formula is C22H28O6. The SMILES string of the molecule is COc1cc(C[C@H]2CO[C@H](c3cc(OC)c(OC)c(OC)c3)[C@H]2C)ccc1O. The third-order valence-electron chi connectivity index (χ3n) is 5.47. The van der Waals surface area contributed by atoms with Crippen LogP contribution in [0.3, 0.4) is 0 Å². The molecule has 2 aromatic carbocycles. The molecule has 0 amide bonds. The Morgan fingerprint density at radius 3 is 2.14 bits per heavy atom. The molecule has 1 heterocycles. The Bertz CT molecular complexity index is 794. The predicted molar refractivity (Wildman–Crippen MR) is 106 cm³/mol. The van der Waals surface area contributed by atoms with Crippen LogP contribution in [0, 0.1) is 11.8 Å². The van der Waals surface area contributed by atoms with Crippen molar-refractivity contribution in [3.05, 3.63) is 41.5 Å². The average Bonchev–Trinajstić information content (AvgIpc) is 3.08. The molecule has 0 aliphatic carbocycles. The number of methoxy groups -OCH3 is 4. The maximum absolute atomic E-state index is 9.80. The van der Waals surface area contributed by atoms with Crippen LogP contribution in [-0.2, 0) is 11.2 Å². The molecule has 28 heavy (non-hydrogen) atoms. The Hall–Kier alpha value is -2.60. The van der Waals surface area contributed by atoms with Gasteiger partial charge in [-0.3, -0.25) is 0 Å². The van der Waals surface area contributed by atoms with Gasteiger partial charge in [-0.25, -0.2) is 0 Å². The number of phenolic OH excluding ortho intramolecular Hbond substituents is 1. The van der Waals surface area contributed by atoms with Crippen molar-refractivity contribution >= 4 is 0 Å². The summed E-state index contributed by atoms with van der Waals surface area (Å²) in [6, 6.07) is 9.39. The fraction of sp³-hybridized carbons (Fsp3) is 0.455. The van der Waals surface area contributed by atoms with E-state index in [0.717, 1.165) is 17.5 Å². The van der Waals surface area contributed by atoms with Gasteiger partial charge in [-0.05, 0) is 53.6 Å². The molecule has 3 rings (SSSR count). The summed E-state index contributed by atoms with van der Waals surface area (Å²) < 4.78 is 27.7. The third-order valence-corrected chi connectivity index (χ3v) is 5.47. The molecule has 1 aliphatic heterocycles. The monoisotopic (exact) mass is 388 g/mol. The standard InChI is InChI=1S/C22H28O6/c1-13-16(8-14-6-7-17(23)18(9-14)24-2)12-28-21(13)15-10-19(25-3)22(27-5)20(11-15)26-4/h6-7,9-11,13,16,21,23H,8,12H2,1-5H3/t13-,16-,21-/m0/s1. The highest BCUT2D eigenvalue weighted by Gasteiger charge is 2.36. The summed E-state index contributed by atoms with van der Waals surface area (Å²) in [4.78, 5) is 0. The minimum Gasteiger partial charge on any atom is -0.504 e. The second-order valence-corrected chi connectivity index (χ2v) is 7.04. The lowest BCUT2D eigenvalue weighted by molar-refractivity contribution is 0.0929. The molecule has 0 spiro atoms. The number of hydrogen-bond donors (Lipinski definition) is 1. The molecule has 0 bridgehead atoms. The van der Waals surface area contributed by atoms with Gasteiger partial charge in [-0.15, -0.1) is 0 Å². The molecule has 1 fully saturated rings. The Labute approximate surface area is 165 Å². The van der Waals surface area contributed by atoms with E-state index in [2.05, 4.69) is 6.92 Å². The molecule has 1 aliphatic rings. The molecule has 6 heteroatoms. The van der Waals surface area contributed by atoms with Gasteiger partial charge in [0.1, 0.15) is 0 Å². The number of hydrogen-bond acceptors (Lipinski definition) is 6. The molecule has 6 nitrogen and oxygen atoms in total. The van der Waals surface area contributed by atoms with Crippen LogP contribution in [0.15, 0.2) is 30.3 Å². The van der Waals surface area contributed by atoms with Crippen molar-refractivity contribution in [3.63, 3.8) is 0 Å². The smallest absolute Gasteiger partial charge is 0.203 e. The molecule has 0 radical (unpaired) electrons. The third kappa shape index (κ3) is 3.83. The van der Waals surface area contributed by atoms with E-state index in [9.17, 15) is 5.11 Å². The van der Waals surface area contributed by atoms with E-state index in [0.29, 0.717) is 41.4 Å². The van der Waals surface area contributed by atoms with Crippen molar-refractivity contribution < 1.29 is 28.8 Å². The van der Waals surface area contributed by atoms with E-state index in [1.54, 1.807) is 34.5 Å². The normalized spacial score (nSPS) is 21.4. The molecule has 2 aromatic rings. The Balaban J connectivity index is 1.81. The maximum Gasteiger partial charge on any atom is 0.203 e. The first-order valence-corrected chi connectivity index (χ1v) is 9.29. The Kier molecular flexibility index (Phi) is 6.19. The van der Waals surface area contributed by atoms with Crippen molar-refractivity contribution in [1.82, 2.24) is 0 Å². The van der Waals surface area contributed by atoms with E-state index < -0.39 is 0 Å². The van der Waals surface area contributed by atoms with E-state index in [4.69, 9.17) is 23.7 Å². The fourth-order valence-corrected chi connectivity index (χ4v) is 3.84. The summed E-state index contributed by atoms with van der Waals surface area (Å²) in [6.45, 7) is 2.86. The summed E-state index contributed by atoms with van der Waals surface area (Å²) in [5.41, 5.74) is 2.12. The highest BCUT2D eigenvalue weighted by atomic mass is 16.5. The van der Waals surface area contributed by atoms with Crippen LogP contribution in [0.5, 0.6) is 28.7 Å². The second kappa shape index (κ2) is 8.61. The van der Waals surface area contributed by atoms with Crippen LogP contribution in [0.25, 0.3) is 0 Å². The first-order valence-electron chi connectivity index (χ1n) is 9.29. The van der Waals surface area contributed by atoms with Crippen molar-refractivity contribution in [2.24, 2.45) is 11.8 Å². The van der Waals surface area contributed by atoms with Crippen molar-refractivity contribution in [3.8, 4) is 28.7 Å². The average molecular weight is 388 g/mol. The zero-order valence-electron chi connectivity index (χ0n) is 17.0. The minimum atomic E-state index is -0.0577. The fourth-order valence-electron chi connectivity index (χ4n) is 3.84. The van der Waals surface area contributed by atoms with Gasteiger partial charge in [0.15, 0.2) is 23.0 Å². The van der Waals surface area contributed by atoms with Crippen LogP contribution in [0.1, 0.15) is 24.2 Å². The number of aromatic hydroxyl groups is 1. The molecule has 0 saturated carbocycles. The lowest BCUT2D eigenvalue weighted by atomic mass is 9.85. The highest BCUT2D eigenvalue weighted by molar-refractivity contribution is 5.54. The number of benzene rings is 2. The quantitative estimate of drug-likeness (QED) is 0.774. The lowest BCUT2D eigenvalue weighted by Crippen LogP contribution is -2.14. The van der Waals surface area contributed by atoms with Gasteiger partial charge in [0, 0.05) is 0 Å². The Morgan fingerprint density at radius 2 is 1.57 bits per heavy atom. The number of ether oxygens (including phenoxy) is 5. The first kappa shape index (κ1) is 20.1. The summed E-state index contributed by atoms with van der Waals surface area (Å²) in [6.07, 6.45) is 0.788. The summed E-state index contributed by atoms with van der Waals surface area (Å²) >= 11 is 0. The molecule has 3 atom stereocenters. The first-order chi connectivity index (χ1) is 13.5. The minimum absolute atomic E-state index is 0.0577. The van der Waals surface area contributed by atoms with Crippen LogP contribution >= 0.6 is 0 Å². The van der Waals surface area contributed by atoms with E-state index in [-0.39, 0.29) is 11.9 Å². The van der Waals surface area contributed by atoms with Gasteiger partial charge in [0.25, 0.3) is 0 Å². The summed E-state index contributed by atoms with van der Waals surface area (Å²) in [5, 5.41) is 9.80. The van der Waals surface area contributed by atoms with Gasteiger partial charge >= 0.3 is 0 Å². The van der Waals surface area contributed by atoms with E-state index in [1.165, 1.54) is 0 Å². The van der Waals surface area contributed by atoms with Crippen LogP contribution in [0.2, 0.25) is 0 Å². The van der Waals surface area contributed by atoms with Crippen molar-refractivity contribution in [1.29, 1.82) is 0 Å². The van der Waals surface area contributed by atoms with Gasteiger partial charge < -0.3 is 28.8 Å². The molecular weight excluding hydrogens is 360 g/mol. The summed E-state index contributed by atoms with van der Waals surface area (Å²) in [5.74, 6) is 3.11. The lowest BCUT2D eigenvalue weighted by Gasteiger charge is -2.21. The van der Waals surface area contributed by atoms with Crippen LogP contribution < -0.4 is 18.9 Å². The Morgan fingerprint density at radius 1 is 0.929 bits per heavy atom. The summed E-state index contributed by atoms with van der Waals surface area (Å²) in [7, 11) is 6.37. The molecule has 0 unspecified atom stereocenters. The zero-order valence-corrected chi connectivity index (χ0v) is 17.0. The maximum atomic E-state index is 9.80. The highest BCUT2D eigenvalue weighted by Crippen LogP contribution is 2.45. The molecule has 0 aromatic heterocycles. The predicted octanol–water partition coefficient (Wildman–Crippen LogP) is 3.99. The molecule has 1 saturated heterocycles. The number of rotatable bonds is 7. The topological polar surface area (TPSA) is 66.4 Å². The molecule has 152 valence electrons. The van der Waals surface area contributed by atoms with E-state index in [1.807, 2.05) is 24.3 Å². The van der Waals surface area contributed by atoms with Crippen molar-refractivity contribution in [2.75, 3.05) is 35.0 Å². The van der Waals surface area contributed by atoms with Gasteiger partial charge in [0.2, 0.25) is 5.75 Å².